The second-order valence-corrected chi connectivity index (χ2v) is 2.38. The summed E-state index contributed by atoms with van der Waals surface area (Å²) in [6, 6.07) is 0. The van der Waals surface area contributed by atoms with Crippen molar-refractivity contribution in [2.45, 2.75) is 26.6 Å². The van der Waals surface area contributed by atoms with Crippen molar-refractivity contribution in [3.63, 3.8) is 0 Å². The van der Waals surface area contributed by atoms with Gasteiger partial charge < -0.3 is 4.79 Å². The van der Waals surface area contributed by atoms with Crippen molar-refractivity contribution in [3.8, 4) is 0 Å². The van der Waals surface area contributed by atoms with Gasteiger partial charge in [-0.25, -0.2) is 0 Å². The monoisotopic (exact) mass is 110 g/mol. The second-order valence-electron chi connectivity index (χ2n) is 2.38. The van der Waals surface area contributed by atoms with E-state index in [1.54, 1.807) is 0 Å². The standard InChI is InChI=1S/C6H11BO/c1-4(2)6(7)5(3)8/h4,6H,1-3H3. The molecule has 2 heteroatoms. The van der Waals surface area contributed by atoms with Crippen LogP contribution in [0, 0.1) is 5.92 Å². The van der Waals surface area contributed by atoms with Gasteiger partial charge in [0.25, 0.3) is 0 Å². The summed E-state index contributed by atoms with van der Waals surface area (Å²) in [4.78, 5) is 10.5. The van der Waals surface area contributed by atoms with E-state index in [1.807, 2.05) is 13.8 Å². The molecule has 0 amide bonds. The van der Waals surface area contributed by atoms with Crippen LogP contribution in [0.1, 0.15) is 20.8 Å². The van der Waals surface area contributed by atoms with E-state index in [0.29, 0.717) is 0 Å². The lowest BCUT2D eigenvalue weighted by atomic mass is 9.76. The molecule has 1 atom stereocenters. The van der Waals surface area contributed by atoms with E-state index >= 15 is 0 Å². The summed E-state index contributed by atoms with van der Waals surface area (Å²) >= 11 is 0. The SMILES string of the molecule is [B]C(C(C)=O)C(C)C. The van der Waals surface area contributed by atoms with E-state index in [2.05, 4.69) is 0 Å². The predicted octanol–water partition coefficient (Wildman–Crippen LogP) is 1.19. The summed E-state index contributed by atoms with van der Waals surface area (Å²) in [6.45, 7) is 5.39. The van der Waals surface area contributed by atoms with E-state index < -0.39 is 0 Å². The zero-order valence-electron chi connectivity index (χ0n) is 5.64. The van der Waals surface area contributed by atoms with Gasteiger partial charge in [-0.3, -0.25) is 0 Å². The molecule has 0 aliphatic carbocycles. The van der Waals surface area contributed by atoms with Gasteiger partial charge in [0.2, 0.25) is 0 Å². The summed E-state index contributed by atoms with van der Waals surface area (Å²) in [7, 11) is 5.41. The van der Waals surface area contributed by atoms with Gasteiger partial charge in [-0.05, 0) is 18.7 Å². The minimum absolute atomic E-state index is 0.0694. The van der Waals surface area contributed by atoms with E-state index in [0.717, 1.165) is 0 Å². The molecule has 0 aromatic carbocycles. The van der Waals surface area contributed by atoms with Crippen LogP contribution in [-0.4, -0.2) is 13.6 Å². The van der Waals surface area contributed by atoms with Crippen LogP contribution in [0.5, 0.6) is 0 Å². The van der Waals surface area contributed by atoms with Gasteiger partial charge in [0.05, 0.1) is 7.85 Å². The van der Waals surface area contributed by atoms with Crippen molar-refractivity contribution in [1.82, 2.24) is 0 Å². The molecule has 0 aliphatic rings. The Morgan fingerprint density at radius 3 is 1.88 bits per heavy atom. The van der Waals surface area contributed by atoms with Gasteiger partial charge in [0.15, 0.2) is 0 Å². The Labute approximate surface area is 51.9 Å². The molecular weight excluding hydrogens is 98.9 g/mol. The topological polar surface area (TPSA) is 17.1 Å². The number of ketones is 1. The lowest BCUT2D eigenvalue weighted by molar-refractivity contribution is -0.117. The van der Waals surface area contributed by atoms with Crippen LogP contribution in [0.15, 0.2) is 0 Å². The second kappa shape index (κ2) is 2.90. The molecule has 1 unspecified atom stereocenters. The summed E-state index contributed by atoms with van der Waals surface area (Å²) in [5, 5.41) is 0. The van der Waals surface area contributed by atoms with E-state index in [-0.39, 0.29) is 17.5 Å². The van der Waals surface area contributed by atoms with Crippen LogP contribution in [0.3, 0.4) is 0 Å². The van der Waals surface area contributed by atoms with Gasteiger partial charge in [-0.1, -0.05) is 13.8 Å². The third-order valence-corrected chi connectivity index (χ3v) is 1.19. The van der Waals surface area contributed by atoms with Gasteiger partial charge >= 0.3 is 0 Å². The predicted molar refractivity (Wildman–Crippen MR) is 35.0 cm³/mol. The van der Waals surface area contributed by atoms with Gasteiger partial charge in [-0.15, -0.1) is 0 Å². The van der Waals surface area contributed by atoms with E-state index in [9.17, 15) is 4.79 Å². The first kappa shape index (κ1) is 7.73. The summed E-state index contributed by atoms with van der Waals surface area (Å²) in [5.41, 5.74) is 0. The average Bonchev–Trinajstić information content (AvgIpc) is 1.64. The molecule has 0 N–H and O–H groups in total. The Kier molecular flexibility index (Phi) is 2.81. The fourth-order valence-corrected chi connectivity index (χ4v) is 0.469. The normalized spacial score (nSPS) is 14.0. The molecule has 1 nitrogen and oxygen atoms in total. The highest BCUT2D eigenvalue weighted by atomic mass is 16.1. The quantitative estimate of drug-likeness (QED) is 0.488. The van der Waals surface area contributed by atoms with Crippen LogP contribution >= 0.6 is 0 Å². The molecular formula is C6H11BO. The largest absolute Gasteiger partial charge is 0.301 e. The van der Waals surface area contributed by atoms with Crippen molar-refractivity contribution >= 4 is 13.6 Å². The van der Waals surface area contributed by atoms with Gasteiger partial charge in [0, 0.05) is 0 Å². The molecule has 8 heavy (non-hydrogen) atoms. The number of carbonyl (C=O) groups excluding carboxylic acids is 1. The van der Waals surface area contributed by atoms with Crippen LogP contribution in [0.25, 0.3) is 0 Å². The molecule has 0 aliphatic heterocycles. The maximum absolute atomic E-state index is 10.5. The highest BCUT2D eigenvalue weighted by molar-refractivity contribution is 6.23. The first-order chi connectivity index (χ1) is 3.55. The Balaban J connectivity index is 3.64. The van der Waals surface area contributed by atoms with Crippen molar-refractivity contribution in [2.24, 2.45) is 5.92 Å². The molecule has 44 valence electrons. The molecule has 0 aromatic heterocycles. The summed E-state index contributed by atoms with van der Waals surface area (Å²) in [6.07, 6.45) is 0. The third-order valence-electron chi connectivity index (χ3n) is 1.19. The number of carbonyl (C=O) groups is 1. The molecule has 0 aromatic rings. The molecule has 0 bridgehead atoms. The number of rotatable bonds is 2. The Hall–Kier alpha value is -0.265. The van der Waals surface area contributed by atoms with Crippen molar-refractivity contribution < 1.29 is 4.79 Å². The Morgan fingerprint density at radius 2 is 1.88 bits per heavy atom. The molecule has 0 saturated heterocycles. The molecule has 0 rings (SSSR count). The zero-order chi connectivity index (χ0) is 6.73. The average molecular weight is 110 g/mol. The maximum atomic E-state index is 10.5. The fourth-order valence-electron chi connectivity index (χ4n) is 0.469. The number of Topliss-reactive ketones (excluding diaryl/α,β-unsaturated/α-hetero) is 1. The molecule has 0 fully saturated rings. The van der Waals surface area contributed by atoms with Crippen molar-refractivity contribution in [1.29, 1.82) is 0 Å². The minimum Gasteiger partial charge on any atom is -0.301 e. The van der Waals surface area contributed by atoms with Crippen LogP contribution in [0.4, 0.5) is 0 Å². The Morgan fingerprint density at radius 1 is 1.50 bits per heavy atom. The van der Waals surface area contributed by atoms with E-state index in [1.165, 1.54) is 6.92 Å². The highest BCUT2D eigenvalue weighted by Gasteiger charge is 2.09. The van der Waals surface area contributed by atoms with Crippen molar-refractivity contribution in [3.05, 3.63) is 0 Å². The van der Waals surface area contributed by atoms with E-state index in [4.69, 9.17) is 7.85 Å². The maximum Gasteiger partial charge on any atom is 0.124 e. The first-order valence-corrected chi connectivity index (χ1v) is 2.81. The van der Waals surface area contributed by atoms with Crippen LogP contribution in [0.2, 0.25) is 5.82 Å². The summed E-state index contributed by atoms with van der Waals surface area (Å²) < 4.78 is 0. The van der Waals surface area contributed by atoms with Crippen molar-refractivity contribution in [2.75, 3.05) is 0 Å². The molecule has 0 spiro atoms. The highest BCUT2D eigenvalue weighted by Crippen LogP contribution is 2.12. The zero-order valence-corrected chi connectivity index (χ0v) is 5.64. The molecule has 0 heterocycles. The Bertz CT molecular complexity index is 88.5. The molecule has 0 saturated carbocycles. The van der Waals surface area contributed by atoms with Crippen LogP contribution < -0.4 is 0 Å². The minimum atomic E-state index is -0.269. The number of hydrogen-bond acceptors (Lipinski definition) is 1. The lowest BCUT2D eigenvalue weighted by Gasteiger charge is -2.10. The van der Waals surface area contributed by atoms with Gasteiger partial charge in [0.1, 0.15) is 5.78 Å². The fraction of sp³-hybridized carbons (Fsp3) is 0.833. The summed E-state index contributed by atoms with van der Waals surface area (Å²) in [5.74, 6) is 0.0718. The lowest BCUT2D eigenvalue weighted by Crippen LogP contribution is -2.10. The third kappa shape index (κ3) is 2.15. The number of hydrogen-bond donors (Lipinski definition) is 0. The van der Waals surface area contributed by atoms with Gasteiger partial charge in [-0.2, -0.15) is 0 Å². The smallest absolute Gasteiger partial charge is 0.124 e. The first-order valence-electron chi connectivity index (χ1n) is 2.81. The van der Waals surface area contributed by atoms with Crippen LogP contribution in [-0.2, 0) is 4.79 Å². The molecule has 2 radical (unpaired) electrons.